The quantitative estimate of drug-likeness (QED) is 0.549. The number of rotatable bonds is 5. The zero-order valence-electron chi connectivity index (χ0n) is 16.1. The fourth-order valence-corrected chi connectivity index (χ4v) is 3.42. The summed E-state index contributed by atoms with van der Waals surface area (Å²) in [5.41, 5.74) is 8.00. The molecule has 5 heterocycles. The van der Waals surface area contributed by atoms with Crippen molar-refractivity contribution in [2.75, 3.05) is 37.8 Å². The maximum absolute atomic E-state index is 6.13. The van der Waals surface area contributed by atoms with Gasteiger partial charge in [0.2, 0.25) is 5.88 Å². The van der Waals surface area contributed by atoms with Crippen LogP contribution in [0.15, 0.2) is 41.1 Å². The standard InChI is InChI=1S/C20H22N6O3/c1-13(21)12-28-19-3-2-18-23-11-15(26(18)24-19)17-10-14-16(29-17)4-5-22-20(14)25-6-8-27-9-7-25/h2-5,10-11,13H,6-9,12,21H2,1H3. The second-order valence-electron chi connectivity index (χ2n) is 7.13. The first-order chi connectivity index (χ1) is 14.2. The van der Waals surface area contributed by atoms with Crippen LogP contribution in [0.5, 0.6) is 5.88 Å². The summed E-state index contributed by atoms with van der Waals surface area (Å²) < 4.78 is 19.0. The van der Waals surface area contributed by atoms with Crippen molar-refractivity contribution in [1.29, 1.82) is 0 Å². The summed E-state index contributed by atoms with van der Waals surface area (Å²) in [7, 11) is 0. The van der Waals surface area contributed by atoms with Gasteiger partial charge in [-0.25, -0.2) is 14.5 Å². The van der Waals surface area contributed by atoms with Crippen molar-refractivity contribution in [3.8, 4) is 17.3 Å². The molecule has 0 aromatic carbocycles. The normalized spacial score (nSPS) is 15.9. The van der Waals surface area contributed by atoms with Gasteiger partial charge in [-0.15, -0.1) is 5.10 Å². The summed E-state index contributed by atoms with van der Waals surface area (Å²) in [6.07, 6.45) is 3.52. The van der Waals surface area contributed by atoms with E-state index in [9.17, 15) is 0 Å². The van der Waals surface area contributed by atoms with Gasteiger partial charge in [-0.1, -0.05) is 0 Å². The van der Waals surface area contributed by atoms with Crippen molar-refractivity contribution in [2.45, 2.75) is 13.0 Å². The van der Waals surface area contributed by atoms with Crippen molar-refractivity contribution < 1.29 is 13.9 Å². The second kappa shape index (κ2) is 7.34. The van der Waals surface area contributed by atoms with Crippen molar-refractivity contribution in [2.24, 2.45) is 5.73 Å². The van der Waals surface area contributed by atoms with Crippen LogP contribution in [0.4, 0.5) is 5.82 Å². The molecule has 150 valence electrons. The second-order valence-corrected chi connectivity index (χ2v) is 7.13. The van der Waals surface area contributed by atoms with Crippen LogP contribution in [0, 0.1) is 0 Å². The fraction of sp³-hybridized carbons (Fsp3) is 0.350. The van der Waals surface area contributed by atoms with Crippen molar-refractivity contribution >= 4 is 22.4 Å². The van der Waals surface area contributed by atoms with Crippen LogP contribution in [0.3, 0.4) is 0 Å². The Morgan fingerprint density at radius 3 is 2.90 bits per heavy atom. The molecule has 29 heavy (non-hydrogen) atoms. The third kappa shape index (κ3) is 3.39. The van der Waals surface area contributed by atoms with E-state index < -0.39 is 0 Å². The van der Waals surface area contributed by atoms with Gasteiger partial charge < -0.3 is 24.5 Å². The highest BCUT2D eigenvalue weighted by Crippen LogP contribution is 2.33. The molecule has 0 saturated carbocycles. The Labute approximate surface area is 167 Å². The smallest absolute Gasteiger partial charge is 0.231 e. The van der Waals surface area contributed by atoms with Crippen molar-refractivity contribution in [3.63, 3.8) is 0 Å². The number of nitrogens with two attached hydrogens (primary N) is 1. The summed E-state index contributed by atoms with van der Waals surface area (Å²) in [6.45, 7) is 5.29. The number of nitrogens with zero attached hydrogens (tertiary/aromatic N) is 5. The number of anilines is 1. The number of morpholine rings is 1. The Bertz CT molecular complexity index is 1150. The van der Waals surface area contributed by atoms with Crippen LogP contribution in [0.2, 0.25) is 0 Å². The molecule has 1 aliphatic rings. The molecule has 0 radical (unpaired) electrons. The number of ether oxygens (including phenoxy) is 2. The molecule has 4 aromatic heterocycles. The van der Waals surface area contributed by atoms with Crippen LogP contribution in [0.1, 0.15) is 6.92 Å². The first-order valence-electron chi connectivity index (χ1n) is 9.64. The zero-order valence-corrected chi connectivity index (χ0v) is 16.1. The molecule has 1 fully saturated rings. The molecule has 0 amide bonds. The van der Waals surface area contributed by atoms with E-state index in [1.807, 2.05) is 25.1 Å². The molecule has 1 aliphatic heterocycles. The average Bonchev–Trinajstić information content (AvgIpc) is 3.36. The highest BCUT2D eigenvalue weighted by atomic mass is 16.5. The maximum Gasteiger partial charge on any atom is 0.231 e. The van der Waals surface area contributed by atoms with Gasteiger partial charge in [0.15, 0.2) is 11.4 Å². The van der Waals surface area contributed by atoms with Crippen LogP contribution in [0.25, 0.3) is 28.1 Å². The molecule has 9 nitrogen and oxygen atoms in total. The first kappa shape index (κ1) is 17.9. The van der Waals surface area contributed by atoms with E-state index in [2.05, 4.69) is 20.0 Å². The molecule has 9 heteroatoms. The van der Waals surface area contributed by atoms with Crippen molar-refractivity contribution in [3.05, 3.63) is 36.7 Å². The lowest BCUT2D eigenvalue weighted by Crippen LogP contribution is -2.36. The van der Waals surface area contributed by atoms with Gasteiger partial charge in [0.05, 0.1) is 24.8 Å². The summed E-state index contributed by atoms with van der Waals surface area (Å²) in [4.78, 5) is 11.2. The number of furan rings is 1. The van der Waals surface area contributed by atoms with Crippen LogP contribution in [-0.2, 0) is 4.74 Å². The van der Waals surface area contributed by atoms with Gasteiger partial charge in [0.1, 0.15) is 23.7 Å². The summed E-state index contributed by atoms with van der Waals surface area (Å²) in [5, 5.41) is 5.50. The molecular formula is C20H22N6O3. The molecule has 5 rings (SSSR count). The lowest BCUT2D eigenvalue weighted by Gasteiger charge is -2.28. The van der Waals surface area contributed by atoms with E-state index in [-0.39, 0.29) is 6.04 Å². The Morgan fingerprint density at radius 2 is 2.07 bits per heavy atom. The monoisotopic (exact) mass is 394 g/mol. The topological polar surface area (TPSA) is 104 Å². The largest absolute Gasteiger partial charge is 0.475 e. The summed E-state index contributed by atoms with van der Waals surface area (Å²) in [5.74, 6) is 2.07. The predicted octanol–water partition coefficient (Wildman–Crippen LogP) is 2.10. The fourth-order valence-electron chi connectivity index (χ4n) is 3.42. The number of pyridine rings is 1. The maximum atomic E-state index is 6.13. The van der Waals surface area contributed by atoms with E-state index >= 15 is 0 Å². The predicted molar refractivity (Wildman–Crippen MR) is 108 cm³/mol. The third-order valence-electron chi connectivity index (χ3n) is 4.82. The highest BCUT2D eigenvalue weighted by molar-refractivity contribution is 5.92. The lowest BCUT2D eigenvalue weighted by molar-refractivity contribution is 0.122. The van der Waals surface area contributed by atoms with E-state index in [1.165, 1.54) is 0 Å². The average molecular weight is 394 g/mol. The Kier molecular flexibility index (Phi) is 4.53. The van der Waals surface area contributed by atoms with E-state index in [4.69, 9.17) is 19.6 Å². The Hall–Kier alpha value is -3.17. The lowest BCUT2D eigenvalue weighted by atomic mass is 10.2. The molecular weight excluding hydrogens is 372 g/mol. The molecule has 1 unspecified atom stereocenters. The summed E-state index contributed by atoms with van der Waals surface area (Å²) in [6, 6.07) is 7.44. The molecule has 1 saturated heterocycles. The van der Waals surface area contributed by atoms with Gasteiger partial charge in [0, 0.05) is 31.4 Å². The highest BCUT2D eigenvalue weighted by Gasteiger charge is 2.19. The molecule has 0 bridgehead atoms. The number of imidazole rings is 1. The number of hydrogen-bond acceptors (Lipinski definition) is 8. The Morgan fingerprint density at radius 1 is 1.21 bits per heavy atom. The first-order valence-corrected chi connectivity index (χ1v) is 9.64. The number of aromatic nitrogens is 4. The SMILES string of the molecule is CC(N)COc1ccc2ncc(-c3cc4c(N5CCOCC5)nccc4o3)n2n1. The van der Waals surface area contributed by atoms with E-state index in [1.54, 1.807) is 23.0 Å². The number of fused-ring (bicyclic) bond motifs is 2. The molecule has 0 aliphatic carbocycles. The van der Waals surface area contributed by atoms with E-state index in [0.29, 0.717) is 37.1 Å². The minimum Gasteiger partial charge on any atom is -0.475 e. The van der Waals surface area contributed by atoms with Crippen LogP contribution < -0.4 is 15.4 Å². The Balaban J connectivity index is 1.55. The molecule has 2 N–H and O–H groups in total. The van der Waals surface area contributed by atoms with Gasteiger partial charge >= 0.3 is 0 Å². The van der Waals surface area contributed by atoms with Crippen LogP contribution >= 0.6 is 0 Å². The minimum absolute atomic E-state index is 0.0729. The van der Waals surface area contributed by atoms with Crippen molar-refractivity contribution in [1.82, 2.24) is 19.6 Å². The van der Waals surface area contributed by atoms with Gasteiger partial charge in [-0.2, -0.15) is 0 Å². The van der Waals surface area contributed by atoms with E-state index in [0.717, 1.165) is 35.6 Å². The van der Waals surface area contributed by atoms with Gasteiger partial charge in [-0.3, -0.25) is 0 Å². The molecule has 0 spiro atoms. The summed E-state index contributed by atoms with van der Waals surface area (Å²) >= 11 is 0. The number of hydrogen-bond donors (Lipinski definition) is 1. The minimum atomic E-state index is -0.0729. The van der Waals surface area contributed by atoms with Gasteiger partial charge in [0.25, 0.3) is 0 Å². The molecule has 1 atom stereocenters. The molecule has 4 aromatic rings. The zero-order chi connectivity index (χ0) is 19.8. The van der Waals surface area contributed by atoms with Crippen LogP contribution in [-0.4, -0.2) is 58.5 Å². The van der Waals surface area contributed by atoms with Gasteiger partial charge in [-0.05, 0) is 25.1 Å². The third-order valence-corrected chi connectivity index (χ3v) is 4.82.